The van der Waals surface area contributed by atoms with E-state index in [-0.39, 0.29) is 5.91 Å². The van der Waals surface area contributed by atoms with Crippen LogP contribution in [0.4, 0.5) is 5.82 Å². The molecule has 2 aromatic rings. The maximum atomic E-state index is 12.7. The molecular formula is C15H20N6O2S. The Balaban J connectivity index is 1.54. The summed E-state index contributed by atoms with van der Waals surface area (Å²) in [5.74, 6) is 2.87. The number of hydrogen-bond donors (Lipinski definition) is 0. The van der Waals surface area contributed by atoms with E-state index < -0.39 is 6.10 Å². The molecule has 2 aromatic heterocycles. The van der Waals surface area contributed by atoms with Crippen molar-refractivity contribution < 1.29 is 9.53 Å². The number of carbonyl (C=O) groups is 1. The van der Waals surface area contributed by atoms with E-state index in [1.807, 2.05) is 28.3 Å². The minimum atomic E-state index is -0.435. The van der Waals surface area contributed by atoms with Crippen molar-refractivity contribution in [3.63, 3.8) is 0 Å². The average Bonchev–Trinajstić information content (AvgIpc) is 3.03. The fraction of sp³-hybridized carbons (Fsp3) is 0.600. The van der Waals surface area contributed by atoms with Crippen LogP contribution in [0.25, 0.3) is 11.2 Å². The van der Waals surface area contributed by atoms with Crippen LogP contribution < -0.4 is 4.90 Å². The van der Waals surface area contributed by atoms with Crippen LogP contribution in [0.2, 0.25) is 0 Å². The molecule has 0 bridgehead atoms. The van der Waals surface area contributed by atoms with Crippen molar-refractivity contribution in [2.45, 2.75) is 6.10 Å². The maximum absolute atomic E-state index is 12.7. The number of aromatic nitrogens is 4. The second-order valence-electron chi connectivity index (χ2n) is 5.97. The molecule has 0 aromatic carbocycles. The summed E-state index contributed by atoms with van der Waals surface area (Å²) in [6, 6.07) is 0. The van der Waals surface area contributed by atoms with Crippen LogP contribution in [0.1, 0.15) is 0 Å². The highest BCUT2D eigenvalue weighted by atomic mass is 32.2. The SMILES string of the molecule is Cn1cnc2c(N3CCOC(C(=O)N4CCSCC4)C3)ncnc21. The smallest absolute Gasteiger partial charge is 0.253 e. The highest BCUT2D eigenvalue weighted by Crippen LogP contribution is 2.23. The lowest BCUT2D eigenvalue weighted by molar-refractivity contribution is -0.144. The number of anilines is 1. The van der Waals surface area contributed by atoms with Gasteiger partial charge in [0.05, 0.1) is 19.5 Å². The van der Waals surface area contributed by atoms with Gasteiger partial charge >= 0.3 is 0 Å². The lowest BCUT2D eigenvalue weighted by Gasteiger charge is -2.36. The van der Waals surface area contributed by atoms with Gasteiger partial charge in [-0.05, 0) is 0 Å². The Hall–Kier alpha value is -1.87. The van der Waals surface area contributed by atoms with E-state index in [9.17, 15) is 4.79 Å². The van der Waals surface area contributed by atoms with Gasteiger partial charge in [0.2, 0.25) is 0 Å². The summed E-state index contributed by atoms with van der Waals surface area (Å²) in [6.07, 6.45) is 2.85. The lowest BCUT2D eigenvalue weighted by Crippen LogP contribution is -2.52. The summed E-state index contributed by atoms with van der Waals surface area (Å²) in [5, 5.41) is 0. The van der Waals surface area contributed by atoms with Gasteiger partial charge < -0.3 is 19.1 Å². The zero-order valence-electron chi connectivity index (χ0n) is 13.6. The van der Waals surface area contributed by atoms with Crippen molar-refractivity contribution in [3.05, 3.63) is 12.7 Å². The third kappa shape index (κ3) is 2.82. The van der Waals surface area contributed by atoms with Gasteiger partial charge in [0.25, 0.3) is 5.91 Å². The molecule has 1 atom stereocenters. The van der Waals surface area contributed by atoms with Gasteiger partial charge in [-0.1, -0.05) is 0 Å². The first-order valence-corrected chi connectivity index (χ1v) is 9.24. The topological polar surface area (TPSA) is 76.4 Å². The zero-order valence-corrected chi connectivity index (χ0v) is 14.4. The molecule has 2 aliphatic rings. The molecule has 4 rings (SSSR count). The lowest BCUT2D eigenvalue weighted by atomic mass is 10.2. The minimum absolute atomic E-state index is 0.0892. The Bertz CT molecular complexity index is 745. The van der Waals surface area contributed by atoms with Gasteiger partial charge in [0, 0.05) is 38.2 Å². The van der Waals surface area contributed by atoms with Crippen LogP contribution in [-0.4, -0.2) is 80.7 Å². The van der Waals surface area contributed by atoms with Crippen molar-refractivity contribution in [2.75, 3.05) is 49.2 Å². The molecule has 1 amide bonds. The Morgan fingerprint density at radius 2 is 2.08 bits per heavy atom. The van der Waals surface area contributed by atoms with Crippen LogP contribution in [0.5, 0.6) is 0 Å². The van der Waals surface area contributed by atoms with Crippen molar-refractivity contribution in [1.82, 2.24) is 24.4 Å². The third-order valence-electron chi connectivity index (χ3n) is 4.44. The monoisotopic (exact) mass is 348 g/mol. The normalized spacial score (nSPS) is 22.1. The first-order valence-electron chi connectivity index (χ1n) is 8.09. The first-order chi connectivity index (χ1) is 11.7. The standard InChI is InChI=1S/C15H20N6O2S/c1-19-10-18-12-13(19)16-9-17-14(12)21-2-5-23-11(8-21)15(22)20-3-6-24-7-4-20/h9-11H,2-8H2,1H3. The highest BCUT2D eigenvalue weighted by Gasteiger charge is 2.32. The summed E-state index contributed by atoms with van der Waals surface area (Å²) in [4.78, 5) is 29.8. The molecule has 0 aliphatic carbocycles. The Labute approximate surface area is 144 Å². The second kappa shape index (κ2) is 6.56. The Morgan fingerprint density at radius 3 is 2.92 bits per heavy atom. The van der Waals surface area contributed by atoms with Gasteiger partial charge in [-0.2, -0.15) is 11.8 Å². The number of morpholine rings is 1. The second-order valence-corrected chi connectivity index (χ2v) is 7.19. The molecule has 24 heavy (non-hydrogen) atoms. The quantitative estimate of drug-likeness (QED) is 0.764. The van der Waals surface area contributed by atoms with E-state index >= 15 is 0 Å². The molecule has 128 valence electrons. The van der Waals surface area contributed by atoms with Crippen molar-refractivity contribution in [2.24, 2.45) is 7.05 Å². The minimum Gasteiger partial charge on any atom is -0.365 e. The molecular weight excluding hydrogens is 328 g/mol. The molecule has 2 fully saturated rings. The molecule has 2 saturated heterocycles. The van der Waals surface area contributed by atoms with Crippen LogP contribution in [0.15, 0.2) is 12.7 Å². The van der Waals surface area contributed by atoms with E-state index in [1.165, 1.54) is 0 Å². The fourth-order valence-corrected chi connectivity index (χ4v) is 4.05. The molecule has 4 heterocycles. The van der Waals surface area contributed by atoms with E-state index in [0.29, 0.717) is 19.7 Å². The zero-order chi connectivity index (χ0) is 16.5. The fourth-order valence-electron chi connectivity index (χ4n) is 3.14. The molecule has 1 unspecified atom stereocenters. The van der Waals surface area contributed by atoms with Gasteiger partial charge in [0.1, 0.15) is 6.33 Å². The van der Waals surface area contributed by atoms with E-state index in [2.05, 4.69) is 19.9 Å². The third-order valence-corrected chi connectivity index (χ3v) is 5.38. The summed E-state index contributed by atoms with van der Waals surface area (Å²) < 4.78 is 7.62. The van der Waals surface area contributed by atoms with Crippen LogP contribution in [-0.2, 0) is 16.6 Å². The van der Waals surface area contributed by atoms with Crippen molar-refractivity contribution in [1.29, 1.82) is 0 Å². The van der Waals surface area contributed by atoms with Gasteiger partial charge in [0.15, 0.2) is 23.1 Å². The molecule has 0 N–H and O–H groups in total. The molecule has 2 aliphatic heterocycles. The Kier molecular flexibility index (Phi) is 4.28. The number of imidazole rings is 1. The first kappa shape index (κ1) is 15.6. The van der Waals surface area contributed by atoms with Crippen LogP contribution >= 0.6 is 11.8 Å². The van der Waals surface area contributed by atoms with Gasteiger partial charge in [-0.15, -0.1) is 0 Å². The number of carbonyl (C=O) groups excluding carboxylic acids is 1. The summed E-state index contributed by atoms with van der Waals surface area (Å²) >= 11 is 1.89. The van der Waals surface area contributed by atoms with Crippen molar-refractivity contribution in [3.8, 4) is 0 Å². The van der Waals surface area contributed by atoms with Gasteiger partial charge in [-0.3, -0.25) is 4.79 Å². The number of hydrogen-bond acceptors (Lipinski definition) is 7. The molecule has 0 radical (unpaired) electrons. The Morgan fingerprint density at radius 1 is 1.25 bits per heavy atom. The number of thioether (sulfide) groups is 1. The summed E-state index contributed by atoms with van der Waals surface area (Å²) in [6.45, 7) is 3.33. The van der Waals surface area contributed by atoms with Crippen molar-refractivity contribution >= 4 is 34.7 Å². The molecule has 0 spiro atoms. The summed E-state index contributed by atoms with van der Waals surface area (Å²) in [7, 11) is 1.91. The summed E-state index contributed by atoms with van der Waals surface area (Å²) in [5.41, 5.74) is 1.56. The predicted molar refractivity (Wildman–Crippen MR) is 92.2 cm³/mol. The predicted octanol–water partition coefficient (Wildman–Crippen LogP) is 0.144. The number of ether oxygens (including phenoxy) is 1. The highest BCUT2D eigenvalue weighted by molar-refractivity contribution is 7.99. The van der Waals surface area contributed by atoms with Crippen LogP contribution in [0, 0.1) is 0 Å². The van der Waals surface area contributed by atoms with E-state index in [4.69, 9.17) is 4.74 Å². The number of amides is 1. The molecule has 0 saturated carbocycles. The van der Waals surface area contributed by atoms with Gasteiger partial charge in [-0.25, -0.2) is 15.0 Å². The molecule has 9 heteroatoms. The molecule has 8 nitrogen and oxygen atoms in total. The van der Waals surface area contributed by atoms with E-state index in [0.717, 1.165) is 41.6 Å². The largest absolute Gasteiger partial charge is 0.365 e. The number of aryl methyl sites for hydroxylation is 1. The number of fused-ring (bicyclic) bond motifs is 1. The maximum Gasteiger partial charge on any atom is 0.253 e. The number of rotatable bonds is 2. The van der Waals surface area contributed by atoms with Crippen LogP contribution in [0.3, 0.4) is 0 Å². The average molecular weight is 348 g/mol. The van der Waals surface area contributed by atoms with E-state index in [1.54, 1.807) is 12.7 Å². The number of nitrogens with zero attached hydrogens (tertiary/aromatic N) is 6.